The fourth-order valence-electron chi connectivity index (χ4n) is 1.71. The lowest BCUT2D eigenvalue weighted by Gasteiger charge is -2.19. The fourth-order valence-corrected chi connectivity index (χ4v) is 2.61. The van der Waals surface area contributed by atoms with Gasteiger partial charge in [0, 0.05) is 31.3 Å². The minimum absolute atomic E-state index is 0.175. The van der Waals surface area contributed by atoms with E-state index in [9.17, 15) is 4.79 Å². The van der Waals surface area contributed by atoms with Crippen LogP contribution in [-0.2, 0) is 4.79 Å². The molecule has 4 nitrogen and oxygen atoms in total. The maximum atomic E-state index is 11.0. The summed E-state index contributed by atoms with van der Waals surface area (Å²) in [6.07, 6.45) is 1.61. The maximum absolute atomic E-state index is 11.0. The van der Waals surface area contributed by atoms with Crippen LogP contribution >= 0.6 is 11.8 Å². The van der Waals surface area contributed by atoms with Gasteiger partial charge in [-0.3, -0.25) is 9.79 Å². The molecule has 1 fully saturated rings. The number of rotatable bonds is 2. The molecule has 2 unspecified atom stereocenters. The Bertz CT molecular complexity index is 280. The minimum atomic E-state index is 0.175. The van der Waals surface area contributed by atoms with Gasteiger partial charge >= 0.3 is 0 Å². The highest BCUT2D eigenvalue weighted by Crippen LogP contribution is 2.15. The van der Waals surface area contributed by atoms with Crippen molar-refractivity contribution in [1.29, 1.82) is 0 Å². The van der Waals surface area contributed by atoms with Gasteiger partial charge in [0.2, 0.25) is 5.91 Å². The highest BCUT2D eigenvalue weighted by Gasteiger charge is 2.21. The van der Waals surface area contributed by atoms with Crippen molar-refractivity contribution in [1.82, 2.24) is 10.6 Å². The van der Waals surface area contributed by atoms with Gasteiger partial charge < -0.3 is 10.6 Å². The first kappa shape index (κ1) is 10.8. The molecule has 0 spiro atoms. The fraction of sp³-hybridized carbons (Fsp3) is 0.800. The van der Waals surface area contributed by atoms with Gasteiger partial charge in [-0.05, 0) is 12.3 Å². The maximum Gasteiger partial charge on any atom is 0.220 e. The van der Waals surface area contributed by atoms with Crippen LogP contribution in [0.15, 0.2) is 4.99 Å². The van der Waals surface area contributed by atoms with Crippen LogP contribution in [0.25, 0.3) is 0 Å². The van der Waals surface area contributed by atoms with Crippen LogP contribution in [0.4, 0.5) is 0 Å². The lowest BCUT2D eigenvalue weighted by atomic mass is 10.2. The van der Waals surface area contributed by atoms with Crippen LogP contribution in [0.1, 0.15) is 19.8 Å². The molecule has 1 saturated heterocycles. The van der Waals surface area contributed by atoms with Gasteiger partial charge in [0.25, 0.3) is 0 Å². The van der Waals surface area contributed by atoms with Crippen LogP contribution in [0.2, 0.25) is 0 Å². The highest BCUT2D eigenvalue weighted by molar-refractivity contribution is 8.13. The monoisotopic (exact) mass is 227 g/mol. The number of thioether (sulfide) groups is 1. The molecule has 84 valence electrons. The Balaban J connectivity index is 1.72. The molecule has 0 aromatic heterocycles. The van der Waals surface area contributed by atoms with Crippen molar-refractivity contribution in [3.63, 3.8) is 0 Å². The number of hydrogen-bond acceptors (Lipinski definition) is 4. The summed E-state index contributed by atoms with van der Waals surface area (Å²) in [5, 5.41) is 7.28. The molecule has 2 N–H and O–H groups in total. The Hall–Kier alpha value is -0.710. The van der Waals surface area contributed by atoms with Crippen LogP contribution < -0.4 is 10.6 Å². The summed E-state index contributed by atoms with van der Waals surface area (Å²) in [5.74, 6) is 2.00. The second-order valence-corrected chi connectivity index (χ2v) is 5.25. The van der Waals surface area contributed by atoms with Crippen LogP contribution in [0, 0.1) is 5.92 Å². The van der Waals surface area contributed by atoms with Gasteiger partial charge in [0.1, 0.15) is 0 Å². The van der Waals surface area contributed by atoms with Crippen molar-refractivity contribution in [3.8, 4) is 0 Å². The molecule has 0 aromatic rings. The normalized spacial score (nSPS) is 31.0. The summed E-state index contributed by atoms with van der Waals surface area (Å²) in [5.41, 5.74) is 0. The third kappa shape index (κ3) is 3.12. The summed E-state index contributed by atoms with van der Waals surface area (Å²) >= 11 is 1.78. The zero-order valence-corrected chi connectivity index (χ0v) is 9.77. The smallest absolute Gasteiger partial charge is 0.220 e. The van der Waals surface area contributed by atoms with Gasteiger partial charge in [-0.1, -0.05) is 18.7 Å². The standard InChI is InChI=1S/C10H17N3OS/c1-7-4-11-10(15-6-7)12-5-8-2-3-9(14)13-8/h7-8H,2-6H2,1H3,(H,11,12)(H,13,14). The van der Waals surface area contributed by atoms with Crippen molar-refractivity contribution in [3.05, 3.63) is 0 Å². The molecule has 5 heteroatoms. The lowest BCUT2D eigenvalue weighted by Crippen LogP contribution is -2.38. The SMILES string of the molecule is CC1CN=C(NCC2CCC(=O)N2)SC1. The third-order valence-electron chi connectivity index (χ3n) is 2.64. The average molecular weight is 227 g/mol. The van der Waals surface area contributed by atoms with Gasteiger partial charge in [-0.2, -0.15) is 0 Å². The van der Waals surface area contributed by atoms with E-state index in [0.29, 0.717) is 18.4 Å². The third-order valence-corrected chi connectivity index (χ3v) is 3.92. The molecular weight excluding hydrogens is 210 g/mol. The molecule has 15 heavy (non-hydrogen) atoms. The molecule has 1 amide bonds. The second-order valence-electron chi connectivity index (χ2n) is 4.25. The van der Waals surface area contributed by atoms with Crippen molar-refractivity contribution in [2.45, 2.75) is 25.8 Å². The van der Waals surface area contributed by atoms with Crippen molar-refractivity contribution >= 4 is 22.8 Å². The van der Waals surface area contributed by atoms with E-state index in [-0.39, 0.29) is 5.91 Å². The van der Waals surface area contributed by atoms with E-state index in [1.807, 2.05) is 0 Å². The molecule has 2 heterocycles. The molecule has 0 bridgehead atoms. The number of amides is 1. The number of amidine groups is 1. The first-order chi connectivity index (χ1) is 7.24. The molecule has 2 aliphatic heterocycles. The number of nitrogens with zero attached hydrogens (tertiary/aromatic N) is 1. The molecule has 0 aliphatic carbocycles. The molecule has 2 rings (SSSR count). The predicted octanol–water partition coefficient (Wildman–Crippen LogP) is 0.593. The molecule has 2 aliphatic rings. The zero-order chi connectivity index (χ0) is 10.7. The van der Waals surface area contributed by atoms with Gasteiger partial charge in [-0.25, -0.2) is 0 Å². The lowest BCUT2D eigenvalue weighted by molar-refractivity contribution is -0.119. The zero-order valence-electron chi connectivity index (χ0n) is 8.95. The highest BCUT2D eigenvalue weighted by atomic mass is 32.2. The Morgan fingerprint density at radius 3 is 3.13 bits per heavy atom. The molecular formula is C10H17N3OS. The molecule has 0 aromatic carbocycles. The molecule has 0 radical (unpaired) electrons. The van der Waals surface area contributed by atoms with Gasteiger partial charge in [0.15, 0.2) is 5.17 Å². The minimum Gasteiger partial charge on any atom is -0.363 e. The van der Waals surface area contributed by atoms with E-state index in [4.69, 9.17) is 0 Å². The summed E-state index contributed by atoms with van der Waals surface area (Å²) in [4.78, 5) is 15.4. The summed E-state index contributed by atoms with van der Waals surface area (Å²) in [7, 11) is 0. The number of hydrogen-bond donors (Lipinski definition) is 2. The predicted molar refractivity (Wildman–Crippen MR) is 63.1 cm³/mol. The van der Waals surface area contributed by atoms with Crippen molar-refractivity contribution in [2.75, 3.05) is 18.8 Å². The van der Waals surface area contributed by atoms with E-state index in [0.717, 1.165) is 30.4 Å². The summed E-state index contributed by atoms with van der Waals surface area (Å²) in [6, 6.07) is 0.292. The van der Waals surface area contributed by atoms with Gasteiger partial charge in [-0.15, -0.1) is 0 Å². The van der Waals surface area contributed by atoms with E-state index >= 15 is 0 Å². The largest absolute Gasteiger partial charge is 0.363 e. The van der Waals surface area contributed by atoms with E-state index in [1.54, 1.807) is 11.8 Å². The quantitative estimate of drug-likeness (QED) is 0.726. The Kier molecular flexibility index (Phi) is 3.51. The van der Waals surface area contributed by atoms with E-state index in [2.05, 4.69) is 22.5 Å². The van der Waals surface area contributed by atoms with E-state index in [1.165, 1.54) is 0 Å². The van der Waals surface area contributed by atoms with Crippen LogP contribution in [-0.4, -0.2) is 36.0 Å². The number of carbonyl (C=O) groups is 1. The average Bonchev–Trinajstić information content (AvgIpc) is 2.64. The second kappa shape index (κ2) is 4.88. The Morgan fingerprint density at radius 1 is 1.67 bits per heavy atom. The topological polar surface area (TPSA) is 53.5 Å². The first-order valence-electron chi connectivity index (χ1n) is 5.44. The van der Waals surface area contributed by atoms with Crippen LogP contribution in [0.5, 0.6) is 0 Å². The molecule has 2 atom stereocenters. The summed E-state index contributed by atoms with van der Waals surface area (Å²) < 4.78 is 0. The van der Waals surface area contributed by atoms with Crippen molar-refractivity contribution < 1.29 is 4.79 Å². The van der Waals surface area contributed by atoms with E-state index < -0.39 is 0 Å². The number of carbonyl (C=O) groups excluding carboxylic acids is 1. The van der Waals surface area contributed by atoms with Gasteiger partial charge in [0.05, 0.1) is 0 Å². The van der Waals surface area contributed by atoms with Crippen molar-refractivity contribution in [2.24, 2.45) is 10.9 Å². The Morgan fingerprint density at radius 2 is 2.53 bits per heavy atom. The number of aliphatic imine (C=N–C) groups is 1. The molecule has 0 saturated carbocycles. The summed E-state index contributed by atoms with van der Waals surface area (Å²) in [6.45, 7) is 3.95. The first-order valence-corrected chi connectivity index (χ1v) is 6.43. The number of nitrogens with one attached hydrogen (secondary N) is 2. The van der Waals surface area contributed by atoms with Crippen LogP contribution in [0.3, 0.4) is 0 Å². The Labute approximate surface area is 94.3 Å².